The third kappa shape index (κ3) is 1.95. The van der Waals surface area contributed by atoms with Crippen LogP contribution in [0.1, 0.15) is 35.3 Å². The highest BCUT2D eigenvalue weighted by Gasteiger charge is 2.12. The summed E-state index contributed by atoms with van der Waals surface area (Å²) in [6.45, 7) is 4.15. The molecule has 0 atom stereocenters. The monoisotopic (exact) mass is 192 g/mol. The predicted molar refractivity (Wildman–Crippen MR) is 56.5 cm³/mol. The van der Waals surface area contributed by atoms with Crippen molar-refractivity contribution in [2.24, 2.45) is 0 Å². The van der Waals surface area contributed by atoms with Gasteiger partial charge in [-0.25, -0.2) is 4.79 Å². The molecule has 2 heteroatoms. The molecule has 0 spiro atoms. The van der Waals surface area contributed by atoms with Gasteiger partial charge in [-0.05, 0) is 30.0 Å². The van der Waals surface area contributed by atoms with E-state index in [4.69, 9.17) is 4.74 Å². The number of aryl methyl sites for hydroxylation is 1. The van der Waals surface area contributed by atoms with Gasteiger partial charge < -0.3 is 4.74 Å². The number of hydrogen-bond acceptors (Lipinski definition) is 2. The van der Waals surface area contributed by atoms with Crippen LogP contribution >= 0.6 is 0 Å². The summed E-state index contributed by atoms with van der Waals surface area (Å²) in [6.07, 6.45) is 1.82. The zero-order chi connectivity index (χ0) is 10.6. The van der Waals surface area contributed by atoms with E-state index >= 15 is 0 Å². The van der Waals surface area contributed by atoms with Gasteiger partial charge in [0, 0.05) is 0 Å². The van der Waals surface area contributed by atoms with Crippen molar-refractivity contribution in [1.29, 1.82) is 0 Å². The van der Waals surface area contributed by atoms with E-state index in [1.54, 1.807) is 0 Å². The van der Waals surface area contributed by atoms with Gasteiger partial charge in [-0.2, -0.15) is 0 Å². The van der Waals surface area contributed by atoms with E-state index in [9.17, 15) is 4.79 Å². The molecular formula is C12H16O2. The SMILES string of the molecule is CCc1cccc(C(=O)OC)c1CC. The number of carbonyl (C=O) groups is 1. The molecular weight excluding hydrogens is 176 g/mol. The number of rotatable bonds is 3. The van der Waals surface area contributed by atoms with Crippen molar-refractivity contribution in [2.45, 2.75) is 26.7 Å². The molecule has 1 aromatic rings. The number of methoxy groups -OCH3 is 1. The maximum Gasteiger partial charge on any atom is 0.338 e. The van der Waals surface area contributed by atoms with Gasteiger partial charge in [-0.3, -0.25) is 0 Å². The highest BCUT2D eigenvalue weighted by Crippen LogP contribution is 2.17. The Kier molecular flexibility index (Phi) is 3.69. The van der Waals surface area contributed by atoms with Crippen molar-refractivity contribution in [2.75, 3.05) is 7.11 Å². The van der Waals surface area contributed by atoms with E-state index in [0.717, 1.165) is 18.4 Å². The summed E-state index contributed by atoms with van der Waals surface area (Å²) in [4.78, 5) is 11.4. The third-order valence-corrected chi connectivity index (χ3v) is 2.41. The third-order valence-electron chi connectivity index (χ3n) is 2.41. The van der Waals surface area contributed by atoms with Gasteiger partial charge in [0.25, 0.3) is 0 Å². The molecule has 0 saturated carbocycles. The van der Waals surface area contributed by atoms with Gasteiger partial charge in [0.2, 0.25) is 0 Å². The van der Waals surface area contributed by atoms with Crippen LogP contribution in [0, 0.1) is 0 Å². The summed E-state index contributed by atoms with van der Waals surface area (Å²) in [5, 5.41) is 0. The van der Waals surface area contributed by atoms with Crippen LogP contribution in [0.4, 0.5) is 0 Å². The molecule has 1 rings (SSSR count). The fourth-order valence-corrected chi connectivity index (χ4v) is 1.68. The molecule has 14 heavy (non-hydrogen) atoms. The average Bonchev–Trinajstić information content (AvgIpc) is 2.26. The quantitative estimate of drug-likeness (QED) is 0.688. The molecule has 0 aromatic heterocycles. The van der Waals surface area contributed by atoms with Crippen molar-refractivity contribution >= 4 is 5.97 Å². The maximum atomic E-state index is 11.4. The van der Waals surface area contributed by atoms with E-state index in [0.29, 0.717) is 5.56 Å². The lowest BCUT2D eigenvalue weighted by Gasteiger charge is -2.10. The normalized spacial score (nSPS) is 9.93. The molecule has 0 aliphatic rings. The van der Waals surface area contributed by atoms with Crippen LogP contribution in [0.2, 0.25) is 0 Å². The second kappa shape index (κ2) is 4.80. The molecule has 0 heterocycles. The molecule has 0 aliphatic carbocycles. The van der Waals surface area contributed by atoms with Gasteiger partial charge in [-0.15, -0.1) is 0 Å². The van der Waals surface area contributed by atoms with Crippen LogP contribution < -0.4 is 0 Å². The first-order valence-electron chi connectivity index (χ1n) is 4.93. The van der Waals surface area contributed by atoms with Crippen molar-refractivity contribution < 1.29 is 9.53 Å². The zero-order valence-corrected chi connectivity index (χ0v) is 8.96. The smallest absolute Gasteiger partial charge is 0.338 e. The van der Waals surface area contributed by atoms with Gasteiger partial charge in [-0.1, -0.05) is 26.0 Å². The second-order valence-electron chi connectivity index (χ2n) is 3.14. The topological polar surface area (TPSA) is 26.3 Å². The molecule has 0 radical (unpaired) electrons. The first-order valence-corrected chi connectivity index (χ1v) is 4.93. The lowest BCUT2D eigenvalue weighted by molar-refractivity contribution is 0.0599. The number of ether oxygens (including phenoxy) is 1. The Labute approximate surface area is 84.9 Å². The van der Waals surface area contributed by atoms with Crippen LogP contribution in [0.25, 0.3) is 0 Å². The van der Waals surface area contributed by atoms with E-state index in [2.05, 4.69) is 19.9 Å². The van der Waals surface area contributed by atoms with E-state index in [1.165, 1.54) is 12.7 Å². The molecule has 0 bridgehead atoms. The van der Waals surface area contributed by atoms with Crippen LogP contribution in [0.5, 0.6) is 0 Å². The fourth-order valence-electron chi connectivity index (χ4n) is 1.68. The van der Waals surface area contributed by atoms with Gasteiger partial charge in [0.1, 0.15) is 0 Å². The number of hydrogen-bond donors (Lipinski definition) is 0. The molecule has 0 aliphatic heterocycles. The number of benzene rings is 1. The molecule has 76 valence electrons. The Morgan fingerprint density at radius 3 is 2.50 bits per heavy atom. The Morgan fingerprint density at radius 2 is 2.00 bits per heavy atom. The highest BCUT2D eigenvalue weighted by atomic mass is 16.5. The molecule has 0 amide bonds. The standard InChI is InChI=1S/C12H16O2/c1-4-9-7-6-8-11(10(9)5-2)12(13)14-3/h6-8H,4-5H2,1-3H3. The second-order valence-corrected chi connectivity index (χ2v) is 3.14. The molecule has 0 unspecified atom stereocenters. The molecule has 0 saturated heterocycles. The summed E-state index contributed by atoms with van der Waals surface area (Å²) < 4.78 is 4.74. The van der Waals surface area contributed by atoms with Gasteiger partial charge >= 0.3 is 5.97 Å². The Balaban J connectivity index is 3.21. The van der Waals surface area contributed by atoms with Crippen molar-refractivity contribution in [3.05, 3.63) is 34.9 Å². The molecule has 2 nitrogen and oxygen atoms in total. The van der Waals surface area contributed by atoms with Crippen LogP contribution in [-0.4, -0.2) is 13.1 Å². The summed E-state index contributed by atoms with van der Waals surface area (Å²) in [5.41, 5.74) is 3.05. The fraction of sp³-hybridized carbons (Fsp3) is 0.417. The minimum Gasteiger partial charge on any atom is -0.465 e. The number of esters is 1. The van der Waals surface area contributed by atoms with E-state index in [1.807, 2.05) is 12.1 Å². The first kappa shape index (κ1) is 10.8. The lowest BCUT2D eigenvalue weighted by atomic mass is 9.97. The lowest BCUT2D eigenvalue weighted by Crippen LogP contribution is -2.07. The first-order chi connectivity index (χ1) is 6.74. The highest BCUT2D eigenvalue weighted by molar-refractivity contribution is 5.91. The van der Waals surface area contributed by atoms with E-state index in [-0.39, 0.29) is 5.97 Å². The zero-order valence-electron chi connectivity index (χ0n) is 8.96. The molecule has 0 fully saturated rings. The largest absolute Gasteiger partial charge is 0.465 e. The summed E-state index contributed by atoms with van der Waals surface area (Å²) in [5.74, 6) is -0.239. The maximum absolute atomic E-state index is 11.4. The summed E-state index contributed by atoms with van der Waals surface area (Å²) in [6, 6.07) is 5.79. The molecule has 1 aromatic carbocycles. The minimum absolute atomic E-state index is 0.239. The minimum atomic E-state index is -0.239. The Morgan fingerprint density at radius 1 is 1.29 bits per heavy atom. The number of carbonyl (C=O) groups excluding carboxylic acids is 1. The Hall–Kier alpha value is -1.31. The van der Waals surface area contributed by atoms with Crippen LogP contribution in [0.3, 0.4) is 0 Å². The van der Waals surface area contributed by atoms with Crippen molar-refractivity contribution in [3.63, 3.8) is 0 Å². The Bertz CT molecular complexity index is 329. The average molecular weight is 192 g/mol. The van der Waals surface area contributed by atoms with Crippen molar-refractivity contribution in [1.82, 2.24) is 0 Å². The summed E-state index contributed by atoms with van der Waals surface area (Å²) in [7, 11) is 1.42. The van der Waals surface area contributed by atoms with Crippen LogP contribution in [-0.2, 0) is 17.6 Å². The van der Waals surface area contributed by atoms with Gasteiger partial charge in [0.05, 0.1) is 12.7 Å². The van der Waals surface area contributed by atoms with E-state index < -0.39 is 0 Å². The summed E-state index contributed by atoms with van der Waals surface area (Å²) >= 11 is 0. The predicted octanol–water partition coefficient (Wildman–Crippen LogP) is 2.60. The van der Waals surface area contributed by atoms with Crippen molar-refractivity contribution in [3.8, 4) is 0 Å². The van der Waals surface area contributed by atoms with Crippen LogP contribution in [0.15, 0.2) is 18.2 Å². The van der Waals surface area contributed by atoms with Gasteiger partial charge in [0.15, 0.2) is 0 Å². The molecule has 0 N–H and O–H groups in total.